The molecule has 2 heterocycles. The first-order valence-corrected chi connectivity index (χ1v) is 16.0. The lowest BCUT2D eigenvalue weighted by Gasteiger charge is -2.44. The molecule has 0 aromatic heterocycles. The lowest BCUT2D eigenvalue weighted by atomic mass is 9.93. The summed E-state index contributed by atoms with van der Waals surface area (Å²) in [6.07, 6.45) is -0.369. The SMILES string of the molecule is CC(C)(C)S(=O)N[C@@H]1C/C=C\C(O[Si](C)(C)C(C)(C)C)CS[C@H]2O[C@H]1[C@H](O)[C@H](O)[C@H]2O. The summed E-state index contributed by atoms with van der Waals surface area (Å²) in [6.45, 7) is 16.6. The molecule has 31 heavy (non-hydrogen) atoms. The molecular formula is C21H41NO6S2Si. The molecule has 0 aromatic rings. The second kappa shape index (κ2) is 10.2. The predicted molar refractivity (Wildman–Crippen MR) is 130 cm³/mol. The summed E-state index contributed by atoms with van der Waals surface area (Å²) < 4.78 is 28.0. The molecule has 0 aromatic carbocycles. The lowest BCUT2D eigenvalue weighted by molar-refractivity contribution is -0.203. The first-order chi connectivity index (χ1) is 14.0. The number of fused-ring (bicyclic) bond motifs is 2. The molecule has 0 amide bonds. The molecule has 1 fully saturated rings. The first-order valence-electron chi connectivity index (χ1n) is 10.9. The highest BCUT2D eigenvalue weighted by atomic mass is 32.2. The third-order valence-corrected chi connectivity index (χ3v) is 13.6. The molecule has 182 valence electrons. The van der Waals surface area contributed by atoms with Crippen molar-refractivity contribution < 1.29 is 28.7 Å². The molecule has 2 bridgehead atoms. The molecule has 2 rings (SSSR count). The molecule has 10 heteroatoms. The number of ether oxygens (including phenoxy) is 1. The zero-order chi connectivity index (χ0) is 23.8. The summed E-state index contributed by atoms with van der Waals surface area (Å²) in [7, 11) is -3.41. The van der Waals surface area contributed by atoms with Crippen molar-refractivity contribution in [2.24, 2.45) is 0 Å². The van der Waals surface area contributed by atoms with E-state index in [-0.39, 0.29) is 11.1 Å². The third kappa shape index (κ3) is 6.86. The van der Waals surface area contributed by atoms with Crippen molar-refractivity contribution in [2.45, 2.75) is 113 Å². The van der Waals surface area contributed by atoms with Crippen LogP contribution in [-0.2, 0) is 20.1 Å². The zero-order valence-electron chi connectivity index (χ0n) is 20.0. The van der Waals surface area contributed by atoms with Crippen LogP contribution in [0.4, 0.5) is 0 Å². The van der Waals surface area contributed by atoms with Crippen LogP contribution in [-0.4, -0.2) is 80.3 Å². The van der Waals surface area contributed by atoms with E-state index in [1.165, 1.54) is 11.8 Å². The van der Waals surface area contributed by atoms with Crippen molar-refractivity contribution in [2.75, 3.05) is 5.75 Å². The van der Waals surface area contributed by atoms with Crippen molar-refractivity contribution >= 4 is 31.1 Å². The van der Waals surface area contributed by atoms with E-state index < -0.39 is 59.9 Å². The van der Waals surface area contributed by atoms with Gasteiger partial charge in [0.1, 0.15) is 29.9 Å². The van der Waals surface area contributed by atoms with Crippen molar-refractivity contribution in [3.63, 3.8) is 0 Å². The summed E-state index contributed by atoms with van der Waals surface area (Å²) in [6, 6.07) is -0.497. The Morgan fingerprint density at radius 2 is 1.71 bits per heavy atom. The van der Waals surface area contributed by atoms with Crippen LogP contribution in [0.25, 0.3) is 0 Å². The van der Waals surface area contributed by atoms with Gasteiger partial charge in [-0.1, -0.05) is 32.9 Å². The van der Waals surface area contributed by atoms with Crippen molar-refractivity contribution in [1.82, 2.24) is 4.72 Å². The fraction of sp³-hybridized carbons (Fsp3) is 0.905. The van der Waals surface area contributed by atoms with Gasteiger partial charge >= 0.3 is 0 Å². The molecular weight excluding hydrogens is 454 g/mol. The van der Waals surface area contributed by atoms with Gasteiger partial charge in [-0.2, -0.15) is 0 Å². The van der Waals surface area contributed by atoms with E-state index in [0.717, 1.165) is 0 Å². The summed E-state index contributed by atoms with van der Waals surface area (Å²) in [5.41, 5.74) is -0.715. The molecule has 0 spiro atoms. The maximum atomic E-state index is 12.8. The fourth-order valence-electron chi connectivity index (χ4n) is 3.16. The monoisotopic (exact) mass is 495 g/mol. The Balaban J connectivity index is 2.31. The van der Waals surface area contributed by atoms with Gasteiger partial charge in [0.05, 0.1) is 27.9 Å². The molecule has 2 aliphatic heterocycles. The van der Waals surface area contributed by atoms with Crippen LogP contribution in [0.3, 0.4) is 0 Å². The van der Waals surface area contributed by atoms with E-state index in [0.29, 0.717) is 12.2 Å². The summed E-state index contributed by atoms with van der Waals surface area (Å²) >= 11 is 1.37. The number of aliphatic hydroxyl groups is 3. The lowest BCUT2D eigenvalue weighted by Crippen LogP contribution is -2.63. The van der Waals surface area contributed by atoms with Gasteiger partial charge in [0, 0.05) is 5.75 Å². The quantitative estimate of drug-likeness (QED) is 0.350. The Kier molecular flexibility index (Phi) is 9.06. The molecule has 1 saturated heterocycles. The van der Waals surface area contributed by atoms with Crippen LogP contribution in [0.15, 0.2) is 12.2 Å². The fourth-order valence-corrected chi connectivity index (χ4v) is 6.53. The number of hydrogen-bond donors (Lipinski definition) is 4. The van der Waals surface area contributed by atoms with E-state index in [1.54, 1.807) is 0 Å². The van der Waals surface area contributed by atoms with E-state index in [4.69, 9.17) is 9.16 Å². The number of aliphatic hydroxyl groups excluding tert-OH is 3. The van der Waals surface area contributed by atoms with Gasteiger partial charge in [0.25, 0.3) is 0 Å². The Morgan fingerprint density at radius 1 is 1.10 bits per heavy atom. The normalized spacial score (nSPS) is 37.8. The summed E-state index contributed by atoms with van der Waals surface area (Å²) in [4.78, 5) is 0. The maximum absolute atomic E-state index is 12.8. The molecule has 0 saturated carbocycles. The predicted octanol–water partition coefficient (Wildman–Crippen LogP) is 2.30. The molecule has 2 unspecified atom stereocenters. The number of thioether (sulfide) groups is 1. The van der Waals surface area contributed by atoms with Crippen LogP contribution >= 0.6 is 11.8 Å². The first kappa shape index (κ1) is 27.5. The van der Waals surface area contributed by atoms with Crippen molar-refractivity contribution in [1.29, 1.82) is 0 Å². The average Bonchev–Trinajstić information content (AvgIpc) is 2.62. The van der Waals surface area contributed by atoms with Crippen LogP contribution in [0, 0.1) is 0 Å². The second-order valence-corrected chi connectivity index (χ2v) is 18.8. The van der Waals surface area contributed by atoms with Gasteiger partial charge in [-0.05, 0) is 45.3 Å². The van der Waals surface area contributed by atoms with Gasteiger partial charge in [0.2, 0.25) is 0 Å². The second-order valence-electron chi connectivity index (χ2n) is 11.0. The number of rotatable bonds is 4. The van der Waals surface area contributed by atoms with Gasteiger partial charge in [0.15, 0.2) is 8.32 Å². The molecule has 0 aliphatic carbocycles. The van der Waals surface area contributed by atoms with E-state index in [1.807, 2.05) is 32.9 Å². The molecule has 2 aliphatic rings. The van der Waals surface area contributed by atoms with E-state index in [2.05, 4.69) is 38.6 Å². The third-order valence-electron chi connectivity index (χ3n) is 6.24. The minimum atomic E-state index is -2.02. The molecule has 8 atom stereocenters. The van der Waals surface area contributed by atoms with Crippen molar-refractivity contribution in [3.05, 3.63) is 12.2 Å². The largest absolute Gasteiger partial charge is 0.410 e. The molecule has 7 nitrogen and oxygen atoms in total. The smallest absolute Gasteiger partial charge is 0.192 e. The Bertz CT molecular complexity index is 663. The van der Waals surface area contributed by atoms with Gasteiger partial charge in [-0.25, -0.2) is 8.93 Å². The minimum absolute atomic E-state index is 0.0563. The highest BCUT2D eigenvalue weighted by Crippen LogP contribution is 2.39. The van der Waals surface area contributed by atoms with Crippen LogP contribution in [0.5, 0.6) is 0 Å². The van der Waals surface area contributed by atoms with Crippen LogP contribution < -0.4 is 4.72 Å². The van der Waals surface area contributed by atoms with Gasteiger partial charge < -0.3 is 24.5 Å². The maximum Gasteiger partial charge on any atom is 0.192 e. The highest BCUT2D eigenvalue weighted by Gasteiger charge is 2.48. The zero-order valence-corrected chi connectivity index (χ0v) is 22.6. The number of hydrogen-bond acceptors (Lipinski definition) is 7. The van der Waals surface area contributed by atoms with Gasteiger partial charge in [-0.3, -0.25) is 0 Å². The Morgan fingerprint density at radius 3 is 2.26 bits per heavy atom. The standard InChI is InChI=1S/C21H41NO6S2Si/c1-20(2,3)30(26)22-14-11-9-10-13(28-31(7,8)21(4,5)6)12-29-19-17(25)15(23)16(24)18(14)27-19/h9-10,13-19,22-25H,11-12H2,1-8H3/b10-9-/t13?,14-,15+,16-,17-,18-,19-,30?/m1/s1. The highest BCUT2D eigenvalue weighted by molar-refractivity contribution is 7.99. The average molecular weight is 496 g/mol. The van der Waals surface area contributed by atoms with Crippen molar-refractivity contribution in [3.8, 4) is 0 Å². The van der Waals surface area contributed by atoms with Crippen LogP contribution in [0.1, 0.15) is 48.0 Å². The topological polar surface area (TPSA) is 108 Å². The molecule has 0 radical (unpaired) electrons. The van der Waals surface area contributed by atoms with E-state index >= 15 is 0 Å². The summed E-state index contributed by atoms with van der Waals surface area (Å²) in [5.74, 6) is 0.562. The summed E-state index contributed by atoms with van der Waals surface area (Å²) in [5, 5.41) is 31.6. The Hall–Kier alpha value is 0.217. The number of nitrogens with one attached hydrogen (secondary N) is 1. The molecule has 4 N–H and O–H groups in total. The minimum Gasteiger partial charge on any atom is -0.410 e. The van der Waals surface area contributed by atoms with Gasteiger partial charge in [-0.15, -0.1) is 11.8 Å². The van der Waals surface area contributed by atoms with E-state index in [9.17, 15) is 19.5 Å². The Labute approximate surface area is 195 Å². The van der Waals surface area contributed by atoms with Crippen LogP contribution in [0.2, 0.25) is 18.1 Å².